The molecule has 96 valence electrons. The maximum absolute atomic E-state index is 10.4. The first-order valence-electron chi connectivity index (χ1n) is 6.08. The van der Waals surface area contributed by atoms with E-state index in [1.165, 1.54) is 0 Å². The van der Waals surface area contributed by atoms with Crippen LogP contribution in [0.2, 0.25) is 5.02 Å². The number of aliphatic hydroxyl groups is 1. The Labute approximate surface area is 116 Å². The molecule has 1 aromatic heterocycles. The van der Waals surface area contributed by atoms with Crippen LogP contribution in [0.4, 0.5) is 0 Å². The zero-order valence-corrected chi connectivity index (χ0v) is 11.2. The first-order chi connectivity index (χ1) is 9.15. The van der Waals surface area contributed by atoms with Crippen molar-refractivity contribution in [3.63, 3.8) is 0 Å². The summed E-state index contributed by atoms with van der Waals surface area (Å²) < 4.78 is 5.69. The molecule has 1 atom stereocenters. The van der Waals surface area contributed by atoms with Gasteiger partial charge in [-0.1, -0.05) is 35.9 Å². The lowest BCUT2D eigenvalue weighted by molar-refractivity contribution is 0.191. The van der Waals surface area contributed by atoms with E-state index in [2.05, 4.69) is 0 Å². The fourth-order valence-corrected chi connectivity index (χ4v) is 2.38. The molecule has 2 nitrogen and oxygen atoms in total. The third-order valence-corrected chi connectivity index (χ3v) is 3.49. The zero-order valence-electron chi connectivity index (χ0n) is 10.4. The number of benzene rings is 2. The van der Waals surface area contributed by atoms with Crippen LogP contribution < -0.4 is 0 Å². The van der Waals surface area contributed by atoms with Crippen molar-refractivity contribution in [3.8, 4) is 0 Å². The molecule has 3 aromatic rings. The lowest BCUT2D eigenvalue weighted by Gasteiger charge is -2.11. The van der Waals surface area contributed by atoms with Crippen molar-refractivity contribution in [1.29, 1.82) is 0 Å². The van der Waals surface area contributed by atoms with Gasteiger partial charge in [0.15, 0.2) is 0 Å². The van der Waals surface area contributed by atoms with Crippen LogP contribution in [0.15, 0.2) is 52.9 Å². The monoisotopic (exact) mass is 272 g/mol. The Morgan fingerprint density at radius 3 is 2.68 bits per heavy atom. The first kappa shape index (κ1) is 12.3. The van der Waals surface area contributed by atoms with Gasteiger partial charge in [0.05, 0.1) is 0 Å². The van der Waals surface area contributed by atoms with Gasteiger partial charge in [0.2, 0.25) is 0 Å². The van der Waals surface area contributed by atoms with Crippen LogP contribution in [-0.2, 0) is 0 Å². The summed E-state index contributed by atoms with van der Waals surface area (Å²) in [5.41, 5.74) is 2.53. The summed E-state index contributed by atoms with van der Waals surface area (Å²) in [4.78, 5) is 0. The predicted octanol–water partition coefficient (Wildman–Crippen LogP) is 4.48. The number of fused-ring (bicyclic) bond motifs is 1. The average molecular weight is 273 g/mol. The largest absolute Gasteiger partial charge is 0.458 e. The highest BCUT2D eigenvalue weighted by atomic mass is 35.5. The van der Waals surface area contributed by atoms with Crippen LogP contribution in [0, 0.1) is 6.92 Å². The lowest BCUT2D eigenvalue weighted by atomic mass is 10.0. The number of hydrogen-bond donors (Lipinski definition) is 1. The molecule has 3 heteroatoms. The number of hydrogen-bond acceptors (Lipinski definition) is 2. The third kappa shape index (κ3) is 2.25. The number of rotatable bonds is 2. The number of para-hydroxylation sites is 1. The summed E-state index contributed by atoms with van der Waals surface area (Å²) in [6, 6.07) is 15.0. The highest BCUT2D eigenvalue weighted by molar-refractivity contribution is 6.30. The Kier molecular flexibility index (Phi) is 3.05. The van der Waals surface area contributed by atoms with Crippen LogP contribution in [0.5, 0.6) is 0 Å². The van der Waals surface area contributed by atoms with Crippen molar-refractivity contribution in [3.05, 3.63) is 70.4 Å². The number of halogens is 1. The molecule has 0 bridgehead atoms. The second-order valence-corrected chi connectivity index (χ2v) is 5.03. The van der Waals surface area contributed by atoms with Crippen molar-refractivity contribution in [2.45, 2.75) is 13.0 Å². The Morgan fingerprint density at radius 2 is 1.89 bits per heavy atom. The summed E-state index contributed by atoms with van der Waals surface area (Å²) in [6.07, 6.45) is -0.800. The van der Waals surface area contributed by atoms with E-state index in [-0.39, 0.29) is 0 Å². The van der Waals surface area contributed by atoms with E-state index in [9.17, 15) is 5.11 Å². The summed E-state index contributed by atoms with van der Waals surface area (Å²) in [7, 11) is 0. The van der Waals surface area contributed by atoms with Gasteiger partial charge in [-0.3, -0.25) is 0 Å². The molecule has 0 saturated carbocycles. The molecule has 0 radical (unpaired) electrons. The first-order valence-corrected chi connectivity index (χ1v) is 6.45. The summed E-state index contributed by atoms with van der Waals surface area (Å²) in [5, 5.41) is 12.0. The molecule has 0 aliphatic rings. The van der Waals surface area contributed by atoms with Crippen molar-refractivity contribution >= 4 is 22.6 Å². The van der Waals surface area contributed by atoms with Gasteiger partial charge in [0, 0.05) is 10.4 Å². The molecule has 19 heavy (non-hydrogen) atoms. The van der Waals surface area contributed by atoms with Gasteiger partial charge in [-0.25, -0.2) is 0 Å². The van der Waals surface area contributed by atoms with Gasteiger partial charge >= 0.3 is 0 Å². The maximum Gasteiger partial charge on any atom is 0.138 e. The lowest BCUT2D eigenvalue weighted by Crippen LogP contribution is -2.00. The number of aliphatic hydroxyl groups excluding tert-OH is 1. The Hall–Kier alpha value is -1.77. The van der Waals surface area contributed by atoms with Gasteiger partial charge in [-0.05, 0) is 42.3 Å². The molecule has 0 aliphatic heterocycles. The molecule has 1 heterocycles. The number of furan rings is 1. The van der Waals surface area contributed by atoms with E-state index in [1.54, 1.807) is 6.07 Å². The third-order valence-electron chi connectivity index (χ3n) is 3.25. The van der Waals surface area contributed by atoms with E-state index < -0.39 is 6.10 Å². The van der Waals surface area contributed by atoms with Gasteiger partial charge < -0.3 is 9.52 Å². The molecule has 0 aliphatic carbocycles. The second kappa shape index (κ2) is 4.72. The smallest absolute Gasteiger partial charge is 0.138 e. The normalized spacial score (nSPS) is 12.8. The highest BCUT2D eigenvalue weighted by Gasteiger charge is 2.17. The SMILES string of the molecule is Cc1ccc(Cl)cc1C(O)c1cc2ccccc2o1. The molecular formula is C16H13ClO2. The molecule has 2 aromatic carbocycles. The topological polar surface area (TPSA) is 33.4 Å². The molecule has 3 rings (SSSR count). The minimum absolute atomic E-state index is 0.534. The summed E-state index contributed by atoms with van der Waals surface area (Å²) in [5.74, 6) is 0.534. The van der Waals surface area contributed by atoms with Gasteiger partial charge in [0.25, 0.3) is 0 Å². The summed E-state index contributed by atoms with van der Waals surface area (Å²) in [6.45, 7) is 1.94. The van der Waals surface area contributed by atoms with Crippen LogP contribution >= 0.6 is 11.6 Å². The molecule has 0 fully saturated rings. The van der Waals surface area contributed by atoms with E-state index >= 15 is 0 Å². The quantitative estimate of drug-likeness (QED) is 0.746. The van der Waals surface area contributed by atoms with Crippen LogP contribution in [0.1, 0.15) is 23.0 Å². The van der Waals surface area contributed by atoms with Crippen LogP contribution in [0.25, 0.3) is 11.0 Å². The standard InChI is InChI=1S/C16H13ClO2/c1-10-6-7-12(17)9-13(10)16(18)15-8-11-4-2-3-5-14(11)19-15/h2-9,16,18H,1H3. The Bertz CT molecular complexity index is 697. The van der Waals surface area contributed by atoms with Crippen molar-refractivity contribution in [1.82, 2.24) is 0 Å². The fraction of sp³-hybridized carbons (Fsp3) is 0.125. The van der Waals surface area contributed by atoms with E-state index in [0.717, 1.165) is 22.1 Å². The van der Waals surface area contributed by atoms with Crippen molar-refractivity contribution < 1.29 is 9.52 Å². The fourth-order valence-electron chi connectivity index (χ4n) is 2.20. The number of aryl methyl sites for hydroxylation is 1. The second-order valence-electron chi connectivity index (χ2n) is 4.59. The Balaban J connectivity index is 2.07. The van der Waals surface area contributed by atoms with Gasteiger partial charge in [0.1, 0.15) is 17.4 Å². The van der Waals surface area contributed by atoms with Crippen LogP contribution in [-0.4, -0.2) is 5.11 Å². The van der Waals surface area contributed by atoms with E-state index in [1.807, 2.05) is 49.4 Å². The average Bonchev–Trinajstić information content (AvgIpc) is 2.84. The zero-order chi connectivity index (χ0) is 13.4. The molecule has 0 spiro atoms. The maximum atomic E-state index is 10.4. The molecule has 0 saturated heterocycles. The molecule has 0 amide bonds. The van der Waals surface area contributed by atoms with E-state index in [0.29, 0.717) is 10.8 Å². The highest BCUT2D eigenvalue weighted by Crippen LogP contribution is 2.31. The molecule has 1 N–H and O–H groups in total. The summed E-state index contributed by atoms with van der Waals surface area (Å²) >= 11 is 5.99. The molecular weight excluding hydrogens is 260 g/mol. The van der Waals surface area contributed by atoms with Gasteiger partial charge in [-0.15, -0.1) is 0 Å². The van der Waals surface area contributed by atoms with E-state index in [4.69, 9.17) is 16.0 Å². The van der Waals surface area contributed by atoms with Crippen LogP contribution in [0.3, 0.4) is 0 Å². The van der Waals surface area contributed by atoms with Crippen molar-refractivity contribution in [2.24, 2.45) is 0 Å². The predicted molar refractivity (Wildman–Crippen MR) is 76.5 cm³/mol. The minimum Gasteiger partial charge on any atom is -0.458 e. The minimum atomic E-state index is -0.800. The van der Waals surface area contributed by atoms with Gasteiger partial charge in [-0.2, -0.15) is 0 Å². The van der Waals surface area contributed by atoms with Crippen molar-refractivity contribution in [2.75, 3.05) is 0 Å². The molecule has 1 unspecified atom stereocenters. The Morgan fingerprint density at radius 1 is 1.11 bits per heavy atom.